The molecule has 2 aromatic rings. The number of aryl methyl sites for hydroxylation is 1. The maximum absolute atomic E-state index is 12.2. The molecular formula is C24H32N2O2. The van der Waals surface area contributed by atoms with Gasteiger partial charge in [-0.05, 0) is 47.9 Å². The minimum Gasteiger partial charge on any atom is -0.483 e. The van der Waals surface area contributed by atoms with E-state index in [0.717, 1.165) is 37.2 Å². The van der Waals surface area contributed by atoms with Gasteiger partial charge < -0.3 is 15.0 Å². The molecule has 0 spiro atoms. The number of fused-ring (bicyclic) bond motifs is 1. The van der Waals surface area contributed by atoms with Gasteiger partial charge in [-0.1, -0.05) is 57.2 Å². The number of carbonyl (C=O) groups excluding carboxylic acids is 1. The number of benzene rings is 2. The van der Waals surface area contributed by atoms with E-state index >= 15 is 0 Å². The van der Waals surface area contributed by atoms with E-state index in [0.29, 0.717) is 6.54 Å². The zero-order valence-corrected chi connectivity index (χ0v) is 17.3. The van der Waals surface area contributed by atoms with E-state index in [4.69, 9.17) is 4.74 Å². The van der Waals surface area contributed by atoms with Gasteiger partial charge in [0.15, 0.2) is 6.61 Å². The van der Waals surface area contributed by atoms with Crippen molar-refractivity contribution in [3.8, 4) is 5.75 Å². The Labute approximate surface area is 168 Å². The van der Waals surface area contributed by atoms with Crippen LogP contribution >= 0.6 is 0 Å². The smallest absolute Gasteiger partial charge is 0.257 e. The first-order valence-electron chi connectivity index (χ1n) is 10.3. The molecule has 0 saturated heterocycles. The largest absolute Gasteiger partial charge is 0.483 e. The van der Waals surface area contributed by atoms with Crippen LogP contribution in [-0.2, 0) is 16.6 Å². The van der Waals surface area contributed by atoms with Gasteiger partial charge in [-0.25, -0.2) is 0 Å². The summed E-state index contributed by atoms with van der Waals surface area (Å²) in [6, 6.07) is 16.6. The van der Waals surface area contributed by atoms with Crippen molar-refractivity contribution in [2.45, 2.75) is 45.4 Å². The minimum absolute atomic E-state index is 0.0161. The Balaban J connectivity index is 1.42. The van der Waals surface area contributed by atoms with Gasteiger partial charge in [-0.3, -0.25) is 4.79 Å². The average Bonchev–Trinajstić information content (AvgIpc) is 2.69. The van der Waals surface area contributed by atoms with Crippen LogP contribution in [0, 0.1) is 0 Å². The van der Waals surface area contributed by atoms with Crippen LogP contribution in [0.1, 0.15) is 44.7 Å². The number of rotatable bonds is 7. The van der Waals surface area contributed by atoms with Gasteiger partial charge in [-0.2, -0.15) is 0 Å². The maximum atomic E-state index is 12.2. The fourth-order valence-electron chi connectivity index (χ4n) is 3.75. The minimum atomic E-state index is -0.0669. The number of carbonyl (C=O) groups is 1. The molecule has 1 aliphatic rings. The fourth-order valence-corrected chi connectivity index (χ4v) is 3.75. The lowest BCUT2D eigenvalue weighted by Gasteiger charge is -2.31. The van der Waals surface area contributed by atoms with Crippen molar-refractivity contribution in [1.29, 1.82) is 0 Å². The van der Waals surface area contributed by atoms with Crippen molar-refractivity contribution in [2.24, 2.45) is 0 Å². The number of para-hydroxylation sites is 2. The zero-order chi connectivity index (χ0) is 20.0. The van der Waals surface area contributed by atoms with Gasteiger partial charge >= 0.3 is 0 Å². The average molecular weight is 381 g/mol. The first-order valence-corrected chi connectivity index (χ1v) is 10.3. The molecule has 0 atom stereocenters. The normalized spacial score (nSPS) is 13.8. The monoisotopic (exact) mass is 380 g/mol. The molecule has 1 N–H and O–H groups in total. The van der Waals surface area contributed by atoms with E-state index in [1.54, 1.807) is 0 Å². The van der Waals surface area contributed by atoms with Crippen LogP contribution in [0.4, 0.5) is 5.69 Å². The van der Waals surface area contributed by atoms with Crippen LogP contribution in [0.2, 0.25) is 0 Å². The highest BCUT2D eigenvalue weighted by molar-refractivity contribution is 5.77. The Morgan fingerprint density at radius 2 is 1.86 bits per heavy atom. The lowest BCUT2D eigenvalue weighted by atomic mass is 9.86. The highest BCUT2D eigenvalue weighted by Gasteiger charge is 2.19. The maximum Gasteiger partial charge on any atom is 0.257 e. The third-order valence-corrected chi connectivity index (χ3v) is 5.19. The highest BCUT2D eigenvalue weighted by Crippen LogP contribution is 2.31. The number of ether oxygens (including phenoxy) is 1. The van der Waals surface area contributed by atoms with Crippen molar-refractivity contribution < 1.29 is 9.53 Å². The van der Waals surface area contributed by atoms with Gasteiger partial charge in [0.05, 0.1) is 0 Å². The van der Waals surface area contributed by atoms with Gasteiger partial charge in [0, 0.05) is 25.3 Å². The van der Waals surface area contributed by atoms with E-state index in [1.807, 2.05) is 18.2 Å². The quantitative estimate of drug-likeness (QED) is 0.727. The number of hydrogen-bond donors (Lipinski definition) is 1. The van der Waals surface area contributed by atoms with Crippen molar-refractivity contribution in [1.82, 2.24) is 5.32 Å². The van der Waals surface area contributed by atoms with E-state index in [2.05, 4.69) is 61.3 Å². The summed E-state index contributed by atoms with van der Waals surface area (Å²) in [5.74, 6) is 0.720. The van der Waals surface area contributed by atoms with Crippen LogP contribution in [0.15, 0.2) is 48.5 Å². The molecule has 0 fully saturated rings. The van der Waals surface area contributed by atoms with Crippen LogP contribution in [-0.4, -0.2) is 32.1 Å². The molecule has 0 aliphatic carbocycles. The molecule has 4 heteroatoms. The third kappa shape index (κ3) is 5.28. The summed E-state index contributed by atoms with van der Waals surface area (Å²) >= 11 is 0. The molecule has 0 radical (unpaired) electrons. The number of hydrogen-bond acceptors (Lipinski definition) is 3. The predicted molar refractivity (Wildman–Crippen MR) is 115 cm³/mol. The Morgan fingerprint density at radius 3 is 2.68 bits per heavy atom. The molecule has 0 unspecified atom stereocenters. The summed E-state index contributed by atoms with van der Waals surface area (Å²) in [5, 5.41) is 2.98. The highest BCUT2D eigenvalue weighted by atomic mass is 16.5. The SMILES string of the molecule is CC(C)(C)c1ccccc1OCC(=O)NCCCN1CCCc2ccccc21. The van der Waals surface area contributed by atoms with E-state index < -0.39 is 0 Å². The van der Waals surface area contributed by atoms with Gasteiger partial charge in [-0.15, -0.1) is 0 Å². The lowest BCUT2D eigenvalue weighted by molar-refractivity contribution is -0.123. The summed E-state index contributed by atoms with van der Waals surface area (Å²) in [5.41, 5.74) is 3.88. The molecule has 0 aromatic heterocycles. The molecule has 3 rings (SSSR count). The van der Waals surface area contributed by atoms with Crippen LogP contribution in [0.3, 0.4) is 0 Å². The fraction of sp³-hybridized carbons (Fsp3) is 0.458. The summed E-state index contributed by atoms with van der Waals surface area (Å²) in [7, 11) is 0. The third-order valence-electron chi connectivity index (χ3n) is 5.19. The Hall–Kier alpha value is -2.49. The summed E-state index contributed by atoms with van der Waals surface area (Å²) in [6.45, 7) is 9.22. The number of anilines is 1. The molecule has 150 valence electrons. The lowest BCUT2D eigenvalue weighted by Crippen LogP contribution is -2.34. The molecule has 28 heavy (non-hydrogen) atoms. The van der Waals surface area contributed by atoms with Gasteiger partial charge in [0.2, 0.25) is 0 Å². The predicted octanol–water partition coefficient (Wildman–Crippen LogP) is 4.32. The Bertz CT molecular complexity index is 795. The van der Waals surface area contributed by atoms with Crippen LogP contribution < -0.4 is 15.0 Å². The molecule has 1 amide bonds. The summed E-state index contributed by atoms with van der Waals surface area (Å²) in [6.07, 6.45) is 3.29. The topological polar surface area (TPSA) is 41.6 Å². The second-order valence-corrected chi connectivity index (χ2v) is 8.46. The summed E-state index contributed by atoms with van der Waals surface area (Å²) < 4.78 is 5.80. The zero-order valence-electron chi connectivity index (χ0n) is 17.3. The molecule has 0 saturated carbocycles. The van der Waals surface area contributed by atoms with Crippen LogP contribution in [0.25, 0.3) is 0 Å². The van der Waals surface area contributed by atoms with Gasteiger partial charge in [0.25, 0.3) is 5.91 Å². The van der Waals surface area contributed by atoms with E-state index in [-0.39, 0.29) is 17.9 Å². The van der Waals surface area contributed by atoms with Crippen LogP contribution in [0.5, 0.6) is 5.75 Å². The van der Waals surface area contributed by atoms with Crippen molar-refractivity contribution in [2.75, 3.05) is 31.1 Å². The molecule has 4 nitrogen and oxygen atoms in total. The Morgan fingerprint density at radius 1 is 1.11 bits per heavy atom. The number of nitrogens with one attached hydrogen (secondary N) is 1. The first kappa shape index (κ1) is 20.2. The molecular weight excluding hydrogens is 348 g/mol. The molecule has 0 bridgehead atoms. The van der Waals surface area contributed by atoms with E-state index in [9.17, 15) is 4.79 Å². The second-order valence-electron chi connectivity index (χ2n) is 8.46. The van der Waals surface area contributed by atoms with Gasteiger partial charge in [0.1, 0.15) is 5.75 Å². The standard InChI is InChI=1S/C24H32N2O2/c1-24(2,3)20-12-5-7-14-22(20)28-18-23(27)25-15-9-17-26-16-8-11-19-10-4-6-13-21(19)26/h4-7,10,12-14H,8-9,11,15-18H2,1-3H3,(H,25,27). The number of nitrogens with zero attached hydrogens (tertiary/aromatic N) is 1. The van der Waals surface area contributed by atoms with Crippen molar-refractivity contribution in [3.63, 3.8) is 0 Å². The first-order chi connectivity index (χ1) is 13.4. The number of amides is 1. The molecule has 2 aromatic carbocycles. The summed E-state index contributed by atoms with van der Waals surface area (Å²) in [4.78, 5) is 14.6. The Kier molecular flexibility index (Phi) is 6.61. The molecule has 1 heterocycles. The van der Waals surface area contributed by atoms with Crippen molar-refractivity contribution in [3.05, 3.63) is 59.7 Å². The van der Waals surface area contributed by atoms with Crippen molar-refractivity contribution >= 4 is 11.6 Å². The molecule has 1 aliphatic heterocycles. The second kappa shape index (κ2) is 9.13. The van der Waals surface area contributed by atoms with E-state index in [1.165, 1.54) is 17.7 Å².